The topological polar surface area (TPSA) is 46.6 Å². The fraction of sp³-hybridized carbons (Fsp3) is 0.273. The van der Waals surface area contributed by atoms with Crippen LogP contribution in [0.3, 0.4) is 0 Å². The van der Waals surface area contributed by atoms with Crippen molar-refractivity contribution in [3.63, 3.8) is 0 Å². The number of para-hydroxylation sites is 1. The summed E-state index contributed by atoms with van der Waals surface area (Å²) in [6.07, 6.45) is 0.665. The van der Waals surface area contributed by atoms with Crippen LogP contribution in [-0.4, -0.2) is 37.8 Å². The van der Waals surface area contributed by atoms with Gasteiger partial charge < -0.3 is 4.74 Å². The van der Waals surface area contributed by atoms with Crippen LogP contribution in [0.5, 0.6) is 5.75 Å². The second-order valence-corrected chi connectivity index (χ2v) is 3.37. The van der Waals surface area contributed by atoms with E-state index in [1.807, 2.05) is 0 Å². The molecule has 4 heteroatoms. The van der Waals surface area contributed by atoms with Gasteiger partial charge in [-0.25, -0.2) is 0 Å². The van der Waals surface area contributed by atoms with Gasteiger partial charge in [-0.1, -0.05) is 12.1 Å². The summed E-state index contributed by atoms with van der Waals surface area (Å²) < 4.78 is 5.04. The smallest absolute Gasteiger partial charge is 0.325 e. The molecule has 0 aliphatic carbocycles. The molecule has 0 fully saturated rings. The lowest BCUT2D eigenvalue weighted by Gasteiger charge is -2.09. The molecule has 1 rings (SSSR count). The Labute approximate surface area is 88.5 Å². The van der Waals surface area contributed by atoms with Crippen molar-refractivity contribution in [3.05, 3.63) is 29.8 Å². The fourth-order valence-corrected chi connectivity index (χ4v) is 1.08. The number of likely N-dealkylation sites (N-methyl/N-ethyl adjacent to an activating group) is 1. The third kappa shape index (κ3) is 3.52. The van der Waals surface area contributed by atoms with E-state index in [2.05, 4.69) is 0 Å². The first-order valence-corrected chi connectivity index (χ1v) is 4.53. The highest BCUT2D eigenvalue weighted by Crippen LogP contribution is 2.15. The van der Waals surface area contributed by atoms with Crippen molar-refractivity contribution in [3.8, 4) is 5.75 Å². The van der Waals surface area contributed by atoms with Gasteiger partial charge in [-0.15, -0.1) is 0 Å². The quantitative estimate of drug-likeness (QED) is 0.419. The van der Waals surface area contributed by atoms with Crippen molar-refractivity contribution in [2.24, 2.45) is 0 Å². The minimum Gasteiger partial charge on any atom is -0.425 e. The summed E-state index contributed by atoms with van der Waals surface area (Å²) in [5.74, 6) is -0.0753. The molecule has 0 saturated heterocycles. The maximum absolute atomic E-state index is 11.3. The Morgan fingerprint density at radius 2 is 2.07 bits per heavy atom. The second-order valence-electron chi connectivity index (χ2n) is 3.37. The molecule has 4 nitrogen and oxygen atoms in total. The van der Waals surface area contributed by atoms with Gasteiger partial charge in [0.25, 0.3) is 0 Å². The SMILES string of the molecule is CN(C)CC(=O)Oc1ccccc1C=O. The molecule has 0 radical (unpaired) electrons. The number of carbonyl (C=O) groups is 2. The Kier molecular flexibility index (Phi) is 4.00. The Hall–Kier alpha value is -1.68. The van der Waals surface area contributed by atoms with Crippen LogP contribution < -0.4 is 4.74 Å². The Morgan fingerprint density at radius 3 is 2.67 bits per heavy atom. The van der Waals surface area contributed by atoms with Crippen molar-refractivity contribution in [1.29, 1.82) is 0 Å². The standard InChI is InChI=1S/C11H13NO3/c1-12(2)7-11(14)15-10-6-4-3-5-9(10)8-13/h3-6,8H,7H2,1-2H3. The maximum atomic E-state index is 11.3. The molecule has 0 amide bonds. The number of nitrogens with zero attached hydrogens (tertiary/aromatic N) is 1. The number of ether oxygens (including phenoxy) is 1. The molecule has 0 bridgehead atoms. The van der Waals surface area contributed by atoms with Crippen molar-refractivity contribution in [2.45, 2.75) is 0 Å². The van der Waals surface area contributed by atoms with E-state index in [0.29, 0.717) is 17.6 Å². The summed E-state index contributed by atoms with van der Waals surface area (Å²) in [6.45, 7) is 0.188. The Bertz CT molecular complexity index is 361. The van der Waals surface area contributed by atoms with Crippen LogP contribution in [0.1, 0.15) is 10.4 Å². The molecule has 80 valence electrons. The van der Waals surface area contributed by atoms with Gasteiger partial charge >= 0.3 is 5.97 Å². The third-order valence-corrected chi connectivity index (χ3v) is 1.72. The van der Waals surface area contributed by atoms with Crippen LogP contribution in [0, 0.1) is 0 Å². The van der Waals surface area contributed by atoms with Crippen LogP contribution in [0.4, 0.5) is 0 Å². The summed E-state index contributed by atoms with van der Waals surface area (Å²) in [5.41, 5.74) is 0.379. The summed E-state index contributed by atoms with van der Waals surface area (Å²) in [7, 11) is 3.54. The van der Waals surface area contributed by atoms with E-state index in [1.54, 1.807) is 43.3 Å². The molecule has 0 unspecified atom stereocenters. The molecule has 15 heavy (non-hydrogen) atoms. The van der Waals surface area contributed by atoms with Crippen LogP contribution in [0.2, 0.25) is 0 Å². The molecular weight excluding hydrogens is 194 g/mol. The number of benzene rings is 1. The van der Waals surface area contributed by atoms with Crippen molar-refractivity contribution in [1.82, 2.24) is 4.90 Å². The van der Waals surface area contributed by atoms with Crippen LogP contribution in [-0.2, 0) is 4.79 Å². The molecule has 0 aliphatic rings. The zero-order valence-corrected chi connectivity index (χ0v) is 8.77. The molecule has 0 spiro atoms. The van der Waals surface area contributed by atoms with Crippen molar-refractivity contribution in [2.75, 3.05) is 20.6 Å². The van der Waals surface area contributed by atoms with Crippen LogP contribution in [0.15, 0.2) is 24.3 Å². The summed E-state index contributed by atoms with van der Waals surface area (Å²) in [6, 6.07) is 6.63. The van der Waals surface area contributed by atoms with Gasteiger partial charge in [0.2, 0.25) is 0 Å². The van der Waals surface area contributed by atoms with E-state index < -0.39 is 0 Å². The average molecular weight is 207 g/mol. The largest absolute Gasteiger partial charge is 0.425 e. The van der Waals surface area contributed by atoms with Crippen LogP contribution >= 0.6 is 0 Å². The van der Waals surface area contributed by atoms with Gasteiger partial charge in [-0.05, 0) is 26.2 Å². The molecule has 0 aliphatic heterocycles. The molecule has 0 aromatic heterocycles. The van der Waals surface area contributed by atoms with Gasteiger partial charge in [0.1, 0.15) is 5.75 Å². The predicted molar refractivity (Wildman–Crippen MR) is 56.0 cm³/mol. The number of hydrogen-bond acceptors (Lipinski definition) is 4. The minimum absolute atomic E-state index is 0.188. The van der Waals surface area contributed by atoms with E-state index in [0.717, 1.165) is 0 Å². The lowest BCUT2D eigenvalue weighted by molar-refractivity contribution is -0.135. The first-order valence-electron chi connectivity index (χ1n) is 4.53. The Morgan fingerprint density at radius 1 is 1.40 bits per heavy atom. The summed E-state index contributed by atoms with van der Waals surface area (Å²) >= 11 is 0. The number of hydrogen-bond donors (Lipinski definition) is 0. The first kappa shape index (κ1) is 11.4. The lowest BCUT2D eigenvalue weighted by Crippen LogP contribution is -2.25. The zero-order valence-electron chi connectivity index (χ0n) is 8.77. The molecule has 1 aromatic rings. The summed E-state index contributed by atoms with van der Waals surface area (Å²) in [5, 5.41) is 0. The van der Waals surface area contributed by atoms with E-state index >= 15 is 0 Å². The molecule has 0 N–H and O–H groups in total. The second kappa shape index (κ2) is 5.26. The molecule has 0 saturated carbocycles. The van der Waals surface area contributed by atoms with Crippen molar-refractivity contribution < 1.29 is 14.3 Å². The van der Waals surface area contributed by atoms with E-state index in [-0.39, 0.29) is 12.5 Å². The average Bonchev–Trinajstić information content (AvgIpc) is 2.17. The lowest BCUT2D eigenvalue weighted by atomic mass is 10.2. The normalized spacial score (nSPS) is 10.1. The zero-order chi connectivity index (χ0) is 11.3. The molecule has 0 atom stereocenters. The highest BCUT2D eigenvalue weighted by atomic mass is 16.5. The predicted octanol–water partition coefficient (Wildman–Crippen LogP) is 0.966. The number of aldehydes is 1. The highest BCUT2D eigenvalue weighted by Gasteiger charge is 2.08. The fourth-order valence-electron chi connectivity index (χ4n) is 1.08. The molecular formula is C11H13NO3. The van der Waals surface area contributed by atoms with Gasteiger partial charge in [-0.2, -0.15) is 0 Å². The Balaban J connectivity index is 2.71. The number of esters is 1. The summed E-state index contributed by atoms with van der Waals surface area (Å²) in [4.78, 5) is 23.6. The maximum Gasteiger partial charge on any atom is 0.325 e. The van der Waals surface area contributed by atoms with E-state index in [9.17, 15) is 9.59 Å². The van der Waals surface area contributed by atoms with E-state index in [1.165, 1.54) is 0 Å². The monoisotopic (exact) mass is 207 g/mol. The van der Waals surface area contributed by atoms with Gasteiger partial charge in [0.15, 0.2) is 6.29 Å². The van der Waals surface area contributed by atoms with Gasteiger partial charge in [0, 0.05) is 0 Å². The first-order chi connectivity index (χ1) is 7.13. The minimum atomic E-state index is -0.380. The highest BCUT2D eigenvalue weighted by molar-refractivity contribution is 5.82. The third-order valence-electron chi connectivity index (χ3n) is 1.72. The van der Waals surface area contributed by atoms with E-state index in [4.69, 9.17) is 4.74 Å². The molecule has 0 heterocycles. The van der Waals surface area contributed by atoms with Gasteiger partial charge in [-0.3, -0.25) is 14.5 Å². The number of rotatable bonds is 4. The van der Waals surface area contributed by atoms with Crippen molar-refractivity contribution >= 4 is 12.3 Å². The number of carbonyl (C=O) groups excluding carboxylic acids is 2. The van der Waals surface area contributed by atoms with Crippen LogP contribution in [0.25, 0.3) is 0 Å². The van der Waals surface area contributed by atoms with Gasteiger partial charge in [0.05, 0.1) is 12.1 Å². The molecule has 1 aromatic carbocycles.